The van der Waals surface area contributed by atoms with Crippen molar-refractivity contribution >= 4 is 34.1 Å². The van der Waals surface area contributed by atoms with E-state index in [1.807, 2.05) is 6.92 Å². The van der Waals surface area contributed by atoms with Crippen LogP contribution in [0, 0.1) is 13.8 Å². The number of hydrogen-bond donors (Lipinski definition) is 2. The Morgan fingerprint density at radius 3 is 2.59 bits per heavy atom. The van der Waals surface area contributed by atoms with Crippen LogP contribution in [0.1, 0.15) is 44.4 Å². The molecule has 4 rings (SSSR count). The maximum atomic E-state index is 12.3. The van der Waals surface area contributed by atoms with Crippen molar-refractivity contribution in [2.24, 2.45) is 11.5 Å². The van der Waals surface area contributed by atoms with E-state index in [4.69, 9.17) is 20.6 Å². The van der Waals surface area contributed by atoms with Gasteiger partial charge in [0.1, 0.15) is 23.7 Å². The average Bonchev–Trinajstić information content (AvgIpc) is 3.19. The maximum Gasteiger partial charge on any atom is 0.252 e. The number of fused-ring (bicyclic) bond motifs is 1. The number of nitrogens with two attached hydrogens (primary N) is 2. The minimum Gasteiger partial charge on any atom is -0.488 e. The van der Waals surface area contributed by atoms with Crippen molar-refractivity contribution in [2.75, 3.05) is 0 Å². The van der Waals surface area contributed by atoms with E-state index in [-0.39, 0.29) is 5.56 Å². The van der Waals surface area contributed by atoms with Crippen LogP contribution in [0.3, 0.4) is 0 Å². The number of carbonyl (C=O) groups is 2. The number of hydrogen-bond acceptors (Lipinski definition) is 6. The van der Waals surface area contributed by atoms with Crippen LogP contribution in [0.15, 0.2) is 22.7 Å². The van der Waals surface area contributed by atoms with Gasteiger partial charge in [-0.05, 0) is 38.8 Å². The van der Waals surface area contributed by atoms with Gasteiger partial charge in [0.2, 0.25) is 5.91 Å². The van der Waals surface area contributed by atoms with Crippen molar-refractivity contribution in [3.8, 4) is 5.75 Å². The zero-order valence-electron chi connectivity index (χ0n) is 15.0. The summed E-state index contributed by atoms with van der Waals surface area (Å²) in [5.74, 6) is -0.131. The van der Waals surface area contributed by atoms with Gasteiger partial charge in [0.25, 0.3) is 5.91 Å². The number of aryl methyl sites for hydroxylation is 2. The summed E-state index contributed by atoms with van der Waals surface area (Å²) in [4.78, 5) is 29.5. The number of furan rings is 1. The smallest absolute Gasteiger partial charge is 0.252 e. The van der Waals surface area contributed by atoms with Crippen molar-refractivity contribution in [3.63, 3.8) is 0 Å². The van der Waals surface area contributed by atoms with Crippen LogP contribution in [-0.4, -0.2) is 16.8 Å². The molecular formula is C19H19N3O4S. The third-order valence-electron chi connectivity index (χ3n) is 4.98. The minimum absolute atomic E-state index is 0.270. The van der Waals surface area contributed by atoms with Crippen LogP contribution in [0.4, 0.5) is 0 Å². The van der Waals surface area contributed by atoms with Crippen LogP contribution in [0.25, 0.3) is 11.0 Å². The summed E-state index contributed by atoms with van der Waals surface area (Å²) >= 11 is 1.54. The van der Waals surface area contributed by atoms with Crippen molar-refractivity contribution < 1.29 is 18.7 Å². The molecule has 0 radical (unpaired) electrons. The molecule has 1 aliphatic carbocycles. The molecule has 140 valence electrons. The first kappa shape index (κ1) is 17.5. The van der Waals surface area contributed by atoms with E-state index >= 15 is 0 Å². The number of nitrogens with zero attached hydrogens (tertiary/aromatic N) is 1. The Kier molecular flexibility index (Phi) is 3.96. The number of aromatic nitrogens is 1. The SMILES string of the molecule is Cc1ncc(COc2ccc3oc(C)c(C(N)=O)c3c2C2(C(N)=O)CC2)s1. The lowest BCUT2D eigenvalue weighted by atomic mass is 9.89. The molecule has 0 aliphatic heterocycles. The van der Waals surface area contributed by atoms with Gasteiger partial charge in [0.15, 0.2) is 0 Å². The van der Waals surface area contributed by atoms with E-state index in [9.17, 15) is 9.59 Å². The van der Waals surface area contributed by atoms with E-state index in [2.05, 4.69) is 4.98 Å². The Hall–Kier alpha value is -2.87. The number of ether oxygens (including phenoxy) is 1. The summed E-state index contributed by atoms with van der Waals surface area (Å²) in [6.45, 7) is 3.90. The molecule has 1 aliphatic rings. The third kappa shape index (κ3) is 2.76. The van der Waals surface area contributed by atoms with Crippen LogP contribution in [-0.2, 0) is 16.8 Å². The molecule has 3 aromatic rings. The molecule has 4 N–H and O–H groups in total. The van der Waals surface area contributed by atoms with Gasteiger partial charge in [0, 0.05) is 17.1 Å². The lowest BCUT2D eigenvalue weighted by Gasteiger charge is -2.18. The zero-order chi connectivity index (χ0) is 19.3. The van der Waals surface area contributed by atoms with Crippen LogP contribution >= 0.6 is 11.3 Å². The molecule has 1 aromatic carbocycles. The second kappa shape index (κ2) is 6.09. The Labute approximate surface area is 159 Å². The first-order chi connectivity index (χ1) is 12.8. The minimum atomic E-state index is -0.862. The molecule has 2 aromatic heterocycles. The monoisotopic (exact) mass is 385 g/mol. The third-order valence-corrected chi connectivity index (χ3v) is 5.87. The summed E-state index contributed by atoms with van der Waals surface area (Å²) in [5, 5.41) is 1.47. The molecule has 0 bridgehead atoms. The quantitative estimate of drug-likeness (QED) is 0.676. The Morgan fingerprint density at radius 1 is 1.30 bits per heavy atom. The normalized spacial score (nSPS) is 15.0. The van der Waals surface area contributed by atoms with E-state index in [1.54, 1.807) is 25.3 Å². The standard InChI is InChI=1S/C19H19N3O4S/c1-9-14(17(20)23)15-12(26-9)3-4-13(16(15)19(5-6-19)18(21)24)25-8-11-7-22-10(2)27-11/h3-4,7H,5-6,8H2,1-2H3,(H2,20,23)(H2,21,24). The number of thiazole rings is 1. The predicted molar refractivity (Wildman–Crippen MR) is 101 cm³/mol. The molecule has 8 heteroatoms. The molecule has 0 saturated heterocycles. The summed E-state index contributed by atoms with van der Waals surface area (Å²) in [5.41, 5.74) is 11.8. The molecule has 1 fully saturated rings. The van der Waals surface area contributed by atoms with Gasteiger partial charge in [-0.25, -0.2) is 4.98 Å². The highest BCUT2D eigenvalue weighted by Gasteiger charge is 2.53. The number of primary amides is 2. The van der Waals surface area contributed by atoms with E-state index in [0.717, 1.165) is 9.88 Å². The molecule has 0 spiro atoms. The highest BCUT2D eigenvalue weighted by Crippen LogP contribution is 2.54. The van der Waals surface area contributed by atoms with Crippen molar-refractivity contribution in [1.29, 1.82) is 0 Å². The van der Waals surface area contributed by atoms with E-state index in [0.29, 0.717) is 47.5 Å². The van der Waals surface area contributed by atoms with E-state index < -0.39 is 17.2 Å². The highest BCUT2D eigenvalue weighted by molar-refractivity contribution is 7.11. The molecule has 2 amide bonds. The molecule has 0 unspecified atom stereocenters. The average molecular weight is 385 g/mol. The molecule has 7 nitrogen and oxygen atoms in total. The predicted octanol–water partition coefficient (Wildman–Crippen LogP) is 2.70. The fourth-order valence-corrected chi connectivity index (χ4v) is 4.26. The largest absolute Gasteiger partial charge is 0.488 e. The summed E-state index contributed by atoms with van der Waals surface area (Å²) in [6, 6.07) is 3.48. The summed E-state index contributed by atoms with van der Waals surface area (Å²) in [6.07, 6.45) is 2.95. The molecule has 2 heterocycles. The van der Waals surface area contributed by atoms with Gasteiger partial charge in [0.05, 0.1) is 20.9 Å². The van der Waals surface area contributed by atoms with Crippen molar-refractivity contribution in [3.05, 3.63) is 45.1 Å². The number of amides is 2. The summed E-state index contributed by atoms with van der Waals surface area (Å²) in [7, 11) is 0. The molecule has 0 atom stereocenters. The van der Waals surface area contributed by atoms with Crippen LogP contribution in [0.5, 0.6) is 5.75 Å². The summed E-state index contributed by atoms with van der Waals surface area (Å²) < 4.78 is 11.7. The zero-order valence-corrected chi connectivity index (χ0v) is 15.8. The lowest BCUT2D eigenvalue weighted by molar-refractivity contribution is -0.120. The lowest BCUT2D eigenvalue weighted by Crippen LogP contribution is -2.29. The number of rotatable bonds is 6. The van der Waals surface area contributed by atoms with Gasteiger partial charge in [-0.3, -0.25) is 9.59 Å². The Morgan fingerprint density at radius 2 is 2.04 bits per heavy atom. The fourth-order valence-electron chi connectivity index (χ4n) is 3.55. The topological polar surface area (TPSA) is 121 Å². The van der Waals surface area contributed by atoms with Crippen LogP contribution in [0.2, 0.25) is 0 Å². The Balaban J connectivity index is 1.89. The van der Waals surface area contributed by atoms with E-state index in [1.165, 1.54) is 11.3 Å². The molecule has 27 heavy (non-hydrogen) atoms. The fraction of sp³-hybridized carbons (Fsp3) is 0.316. The molecule has 1 saturated carbocycles. The van der Waals surface area contributed by atoms with Crippen molar-refractivity contribution in [2.45, 2.75) is 38.7 Å². The number of carbonyl (C=O) groups excluding carboxylic acids is 2. The van der Waals surface area contributed by atoms with Crippen LogP contribution < -0.4 is 16.2 Å². The second-order valence-electron chi connectivity index (χ2n) is 6.79. The van der Waals surface area contributed by atoms with Gasteiger partial charge in [-0.1, -0.05) is 0 Å². The van der Waals surface area contributed by atoms with Gasteiger partial charge >= 0.3 is 0 Å². The van der Waals surface area contributed by atoms with Gasteiger partial charge in [-0.2, -0.15) is 0 Å². The van der Waals surface area contributed by atoms with Gasteiger partial charge < -0.3 is 20.6 Å². The van der Waals surface area contributed by atoms with Crippen molar-refractivity contribution in [1.82, 2.24) is 4.98 Å². The Bertz CT molecular complexity index is 1080. The second-order valence-corrected chi connectivity index (χ2v) is 8.11. The highest BCUT2D eigenvalue weighted by atomic mass is 32.1. The van der Waals surface area contributed by atoms with Gasteiger partial charge in [-0.15, -0.1) is 11.3 Å². The molecular weight excluding hydrogens is 366 g/mol. The first-order valence-electron chi connectivity index (χ1n) is 8.54. The number of benzene rings is 1. The maximum absolute atomic E-state index is 12.3. The first-order valence-corrected chi connectivity index (χ1v) is 9.35.